The molecule has 17 heteroatoms. The second-order valence-corrected chi connectivity index (χ2v) is 14.0. The molecule has 9 aromatic rings. The maximum Gasteiger partial charge on any atom is 0.204 e. The lowest BCUT2D eigenvalue weighted by atomic mass is 9.92. The molecule has 0 saturated carbocycles. The molecule has 308 valence electrons. The lowest BCUT2D eigenvalue weighted by Crippen LogP contribution is -2.06. The van der Waals surface area contributed by atoms with Gasteiger partial charge >= 0.3 is 0 Å². The van der Waals surface area contributed by atoms with Gasteiger partial charge in [-0.25, -0.2) is 0 Å². The molecule has 0 fully saturated rings. The lowest BCUT2D eigenvalue weighted by Gasteiger charge is -2.18. The molecule has 17 nitrogen and oxygen atoms in total. The van der Waals surface area contributed by atoms with Gasteiger partial charge in [-0.15, -0.1) is 0 Å². The fourth-order valence-electron chi connectivity index (χ4n) is 7.47. The lowest BCUT2D eigenvalue weighted by molar-refractivity contribution is 0.404. The van der Waals surface area contributed by atoms with Gasteiger partial charge in [-0.1, -0.05) is 12.1 Å². The zero-order valence-corrected chi connectivity index (χ0v) is 31.0. The third-order valence-corrected chi connectivity index (χ3v) is 10.3. The zero-order valence-electron chi connectivity index (χ0n) is 31.0. The molecular formula is C45H26O17. The summed E-state index contributed by atoms with van der Waals surface area (Å²) in [6.07, 6.45) is 1.08. The van der Waals surface area contributed by atoms with Gasteiger partial charge in [-0.3, -0.25) is 14.4 Å². The highest BCUT2D eigenvalue weighted by Crippen LogP contribution is 2.54. The van der Waals surface area contributed by atoms with Gasteiger partial charge < -0.3 is 69.4 Å². The van der Waals surface area contributed by atoms with Gasteiger partial charge in [0.2, 0.25) is 5.43 Å². The minimum atomic E-state index is -1.02. The first-order chi connectivity index (χ1) is 29.5. The summed E-state index contributed by atoms with van der Waals surface area (Å²) < 4.78 is 17.3. The minimum Gasteiger partial charge on any atom is -0.508 e. The van der Waals surface area contributed by atoms with Crippen LogP contribution in [0.15, 0.2) is 119 Å². The van der Waals surface area contributed by atoms with Crippen molar-refractivity contribution in [2.75, 3.05) is 0 Å². The molecule has 0 saturated heterocycles. The summed E-state index contributed by atoms with van der Waals surface area (Å²) in [5, 5.41) is 118. The van der Waals surface area contributed by atoms with Crippen LogP contribution in [0, 0.1) is 0 Å². The Bertz CT molecular complexity index is 3600. The van der Waals surface area contributed by atoms with Crippen molar-refractivity contribution in [1.82, 2.24) is 0 Å². The third-order valence-electron chi connectivity index (χ3n) is 10.3. The fourth-order valence-corrected chi connectivity index (χ4v) is 7.47. The van der Waals surface area contributed by atoms with Gasteiger partial charge in [-0.05, 0) is 42.0 Å². The number of hydrogen-bond donors (Lipinski definition) is 11. The van der Waals surface area contributed by atoms with Crippen LogP contribution in [0.4, 0.5) is 0 Å². The van der Waals surface area contributed by atoms with Crippen LogP contribution >= 0.6 is 0 Å². The molecule has 3 heterocycles. The Kier molecular flexibility index (Phi) is 8.44. The van der Waals surface area contributed by atoms with E-state index >= 15 is 0 Å². The standard InChI is InChI=1S/C45H26O17/c46-17-3-1-16(2-4-17)21-15-60-31-13-27(53)39(45(59)40(31)41(21)55)35-20(6-8-23(49)43(35)57)30-12-26(52)37-33(62-30)14-28(54)38(44(37)58)34-19(5-7-22(48)42(34)56)29-11-25(51)36-24(50)9-18(47)10-32(36)61-29/h1-15,46-50,53-54,56-59H. The molecule has 9 rings (SSSR count). The topological polar surface area (TPSA) is 313 Å². The molecule has 11 N–H and O–H groups in total. The first-order valence-corrected chi connectivity index (χ1v) is 18.0. The molecule has 0 radical (unpaired) electrons. The van der Waals surface area contributed by atoms with Crippen molar-refractivity contribution in [2.45, 2.75) is 0 Å². The van der Waals surface area contributed by atoms with Crippen molar-refractivity contribution in [3.05, 3.63) is 122 Å². The number of phenols is 11. The van der Waals surface area contributed by atoms with Gasteiger partial charge in [0.15, 0.2) is 33.9 Å². The molecule has 0 bridgehead atoms. The largest absolute Gasteiger partial charge is 0.508 e. The average molecular weight is 839 g/mol. The number of phenolic OH excluding ortho intramolecular Hbond substituents is 11. The summed E-state index contributed by atoms with van der Waals surface area (Å²) in [4.78, 5) is 40.9. The van der Waals surface area contributed by atoms with Crippen LogP contribution in [-0.2, 0) is 0 Å². The minimum absolute atomic E-state index is 0.0575. The monoisotopic (exact) mass is 838 g/mol. The van der Waals surface area contributed by atoms with E-state index < -0.39 is 118 Å². The van der Waals surface area contributed by atoms with E-state index in [2.05, 4.69) is 0 Å². The molecular weight excluding hydrogens is 812 g/mol. The van der Waals surface area contributed by atoms with E-state index in [1.54, 1.807) is 0 Å². The zero-order chi connectivity index (χ0) is 44.0. The SMILES string of the molecule is O=c1cc(-c2ccc(O)c(O)c2-c2c(O)cc3oc(-c4ccc(O)c(O)c4-c4c(O)cc5occ(-c6ccc(O)cc6)c(=O)c5c4O)cc(=O)c3c2O)oc2cc(O)cc(O)c12. The predicted octanol–water partition coefficient (Wildman–Crippen LogP) is 7.10. The third kappa shape index (κ3) is 5.75. The van der Waals surface area contributed by atoms with Gasteiger partial charge in [0, 0.05) is 58.7 Å². The molecule has 0 atom stereocenters. The summed E-state index contributed by atoms with van der Waals surface area (Å²) in [6.45, 7) is 0. The second kappa shape index (κ2) is 13.7. The summed E-state index contributed by atoms with van der Waals surface area (Å²) in [5.74, 6) is -8.92. The summed E-state index contributed by atoms with van der Waals surface area (Å²) in [5.41, 5.74) is -6.32. The summed E-state index contributed by atoms with van der Waals surface area (Å²) in [7, 11) is 0. The van der Waals surface area contributed by atoms with Crippen molar-refractivity contribution in [1.29, 1.82) is 0 Å². The normalized spacial score (nSPS) is 11.5. The summed E-state index contributed by atoms with van der Waals surface area (Å²) in [6, 6.07) is 15.2. The maximum absolute atomic E-state index is 14.0. The highest BCUT2D eigenvalue weighted by Gasteiger charge is 2.30. The number of aromatic hydroxyl groups is 11. The second-order valence-electron chi connectivity index (χ2n) is 14.0. The highest BCUT2D eigenvalue weighted by atomic mass is 16.4. The Labute approximate surface area is 342 Å². The Morgan fingerprint density at radius 1 is 0.371 bits per heavy atom. The molecule has 0 aliphatic heterocycles. The molecule has 6 aromatic carbocycles. The highest BCUT2D eigenvalue weighted by molar-refractivity contribution is 6.04. The van der Waals surface area contributed by atoms with Crippen LogP contribution in [0.3, 0.4) is 0 Å². The van der Waals surface area contributed by atoms with Crippen molar-refractivity contribution < 1.29 is 69.4 Å². The van der Waals surface area contributed by atoms with Crippen LogP contribution in [0.25, 0.3) is 88.9 Å². The van der Waals surface area contributed by atoms with Gasteiger partial charge in [0.25, 0.3) is 0 Å². The first-order valence-electron chi connectivity index (χ1n) is 18.0. The van der Waals surface area contributed by atoms with Crippen molar-refractivity contribution in [3.8, 4) is 119 Å². The van der Waals surface area contributed by atoms with Crippen molar-refractivity contribution in [3.63, 3.8) is 0 Å². The molecule has 0 spiro atoms. The Morgan fingerprint density at radius 2 is 0.871 bits per heavy atom. The van der Waals surface area contributed by atoms with E-state index in [9.17, 15) is 70.6 Å². The molecule has 0 unspecified atom stereocenters. The maximum atomic E-state index is 14.0. The van der Waals surface area contributed by atoms with E-state index in [1.807, 2.05) is 0 Å². The van der Waals surface area contributed by atoms with E-state index in [-0.39, 0.29) is 44.8 Å². The van der Waals surface area contributed by atoms with Gasteiger partial charge in [0.1, 0.15) is 90.9 Å². The Hall–Kier alpha value is -9.25. The predicted molar refractivity (Wildman–Crippen MR) is 220 cm³/mol. The molecule has 0 aliphatic carbocycles. The average Bonchev–Trinajstić information content (AvgIpc) is 3.20. The van der Waals surface area contributed by atoms with Crippen LogP contribution in [0.5, 0.6) is 63.2 Å². The quantitative estimate of drug-likeness (QED) is 0.0770. The van der Waals surface area contributed by atoms with E-state index in [0.29, 0.717) is 5.56 Å². The van der Waals surface area contributed by atoms with Gasteiger partial charge in [-0.2, -0.15) is 0 Å². The van der Waals surface area contributed by atoms with E-state index in [4.69, 9.17) is 13.3 Å². The van der Waals surface area contributed by atoms with E-state index in [1.165, 1.54) is 24.3 Å². The number of benzene rings is 6. The molecule has 3 aromatic heterocycles. The summed E-state index contributed by atoms with van der Waals surface area (Å²) >= 11 is 0. The van der Waals surface area contributed by atoms with Crippen LogP contribution in [0.2, 0.25) is 0 Å². The smallest absolute Gasteiger partial charge is 0.204 e. The number of rotatable bonds is 5. The molecule has 62 heavy (non-hydrogen) atoms. The fraction of sp³-hybridized carbons (Fsp3) is 0. The Balaban J connectivity index is 1.24. The van der Waals surface area contributed by atoms with Crippen LogP contribution in [0.1, 0.15) is 0 Å². The molecule has 0 aliphatic rings. The van der Waals surface area contributed by atoms with Crippen LogP contribution < -0.4 is 16.3 Å². The van der Waals surface area contributed by atoms with Crippen molar-refractivity contribution >= 4 is 32.9 Å². The number of hydrogen-bond acceptors (Lipinski definition) is 17. The first kappa shape index (κ1) is 38.3. The van der Waals surface area contributed by atoms with Crippen molar-refractivity contribution in [2.24, 2.45) is 0 Å². The Morgan fingerprint density at radius 3 is 1.44 bits per heavy atom. The molecule has 0 amide bonds. The number of fused-ring (bicyclic) bond motifs is 3. The van der Waals surface area contributed by atoms with E-state index in [0.717, 1.165) is 66.9 Å². The van der Waals surface area contributed by atoms with Gasteiger partial charge in [0.05, 0.1) is 16.7 Å². The van der Waals surface area contributed by atoms with Crippen LogP contribution in [-0.4, -0.2) is 56.2 Å².